The second-order valence-corrected chi connectivity index (χ2v) is 6.20. The van der Waals surface area contributed by atoms with E-state index in [1.54, 1.807) is 12.1 Å². The number of fused-ring (bicyclic) bond motifs is 1. The summed E-state index contributed by atoms with van der Waals surface area (Å²) in [5, 5.41) is 10.6. The van der Waals surface area contributed by atoms with Gasteiger partial charge in [-0.2, -0.15) is 5.10 Å². The van der Waals surface area contributed by atoms with E-state index in [-0.39, 0.29) is 11.3 Å². The third-order valence-electron chi connectivity index (χ3n) is 4.07. The van der Waals surface area contributed by atoms with E-state index in [0.29, 0.717) is 23.8 Å². The number of H-pyrrole nitrogens is 1. The average Bonchev–Trinajstić information content (AvgIpc) is 2.78. The molecule has 0 fully saturated rings. The number of nitrogens with two attached hydrogens (primary N) is 1. The van der Waals surface area contributed by atoms with Gasteiger partial charge in [0, 0.05) is 17.6 Å². The molecule has 2 rings (SSSR count). The quantitative estimate of drug-likeness (QED) is 0.749. The predicted octanol–water partition coefficient (Wildman–Crippen LogP) is 2.56. The first-order chi connectivity index (χ1) is 9.31. The van der Waals surface area contributed by atoms with Gasteiger partial charge in [-0.15, -0.1) is 0 Å². The maximum absolute atomic E-state index is 12.3. The molecule has 1 heterocycles. The molecule has 0 aliphatic carbocycles. The van der Waals surface area contributed by atoms with Crippen molar-refractivity contribution in [2.24, 2.45) is 11.3 Å². The Labute approximate surface area is 118 Å². The van der Waals surface area contributed by atoms with Crippen molar-refractivity contribution in [1.82, 2.24) is 15.5 Å². The molecule has 0 radical (unpaired) electrons. The first-order valence-corrected chi connectivity index (χ1v) is 6.83. The Morgan fingerprint density at radius 3 is 2.80 bits per heavy atom. The Morgan fingerprint density at radius 2 is 2.15 bits per heavy atom. The summed E-state index contributed by atoms with van der Waals surface area (Å²) >= 11 is 0. The van der Waals surface area contributed by atoms with Crippen molar-refractivity contribution in [2.75, 3.05) is 12.3 Å². The van der Waals surface area contributed by atoms with Crippen LogP contribution < -0.4 is 11.1 Å². The number of hydrogen-bond acceptors (Lipinski definition) is 3. The van der Waals surface area contributed by atoms with Crippen LogP contribution in [-0.2, 0) is 0 Å². The fourth-order valence-electron chi connectivity index (χ4n) is 1.80. The van der Waals surface area contributed by atoms with Crippen LogP contribution in [0, 0.1) is 11.3 Å². The van der Waals surface area contributed by atoms with Crippen molar-refractivity contribution in [3.63, 3.8) is 0 Å². The zero-order valence-electron chi connectivity index (χ0n) is 12.4. The number of carbonyl (C=O) groups is 1. The molecule has 0 aliphatic rings. The van der Waals surface area contributed by atoms with E-state index in [2.05, 4.69) is 43.2 Å². The summed E-state index contributed by atoms with van der Waals surface area (Å²) in [4.78, 5) is 12.3. The van der Waals surface area contributed by atoms with Gasteiger partial charge in [-0.25, -0.2) is 0 Å². The highest BCUT2D eigenvalue weighted by atomic mass is 16.1. The van der Waals surface area contributed by atoms with Crippen LogP contribution >= 0.6 is 0 Å². The molecule has 1 aromatic carbocycles. The van der Waals surface area contributed by atoms with Gasteiger partial charge in [0.15, 0.2) is 5.69 Å². The molecule has 20 heavy (non-hydrogen) atoms. The predicted molar refractivity (Wildman–Crippen MR) is 81.5 cm³/mol. The first-order valence-electron chi connectivity index (χ1n) is 6.83. The number of amides is 1. The molecule has 0 aliphatic heterocycles. The minimum atomic E-state index is -0.171. The molecule has 5 nitrogen and oxygen atoms in total. The number of aromatic amines is 1. The van der Waals surface area contributed by atoms with Gasteiger partial charge in [-0.1, -0.05) is 27.7 Å². The molecule has 0 spiro atoms. The number of aromatic nitrogens is 2. The Balaban J connectivity index is 2.18. The van der Waals surface area contributed by atoms with Crippen molar-refractivity contribution < 1.29 is 4.79 Å². The summed E-state index contributed by atoms with van der Waals surface area (Å²) in [5.41, 5.74) is 7.63. The largest absolute Gasteiger partial charge is 0.399 e. The maximum atomic E-state index is 12.3. The number of anilines is 1. The normalized spacial score (nSPS) is 12.1. The van der Waals surface area contributed by atoms with E-state index >= 15 is 0 Å². The van der Waals surface area contributed by atoms with Crippen LogP contribution in [0.3, 0.4) is 0 Å². The lowest BCUT2D eigenvalue weighted by Gasteiger charge is -2.29. The molecule has 108 valence electrons. The monoisotopic (exact) mass is 274 g/mol. The van der Waals surface area contributed by atoms with Gasteiger partial charge in [-0.3, -0.25) is 9.89 Å². The molecule has 0 unspecified atom stereocenters. The molecule has 0 bridgehead atoms. The van der Waals surface area contributed by atoms with Gasteiger partial charge in [0.2, 0.25) is 0 Å². The summed E-state index contributed by atoms with van der Waals surface area (Å²) in [6.07, 6.45) is 0. The fraction of sp³-hybridized carbons (Fsp3) is 0.467. The summed E-state index contributed by atoms with van der Waals surface area (Å²) in [7, 11) is 0. The van der Waals surface area contributed by atoms with E-state index in [1.807, 2.05) is 6.07 Å². The van der Waals surface area contributed by atoms with Gasteiger partial charge in [0.25, 0.3) is 5.91 Å². The molecule has 4 N–H and O–H groups in total. The molecule has 2 aromatic rings. The van der Waals surface area contributed by atoms with Crippen molar-refractivity contribution in [3.8, 4) is 0 Å². The van der Waals surface area contributed by atoms with Gasteiger partial charge in [0.1, 0.15) is 0 Å². The zero-order chi connectivity index (χ0) is 14.9. The van der Waals surface area contributed by atoms with E-state index < -0.39 is 0 Å². The number of carbonyl (C=O) groups excluding carboxylic acids is 1. The maximum Gasteiger partial charge on any atom is 0.272 e. The van der Waals surface area contributed by atoms with Crippen molar-refractivity contribution in [1.29, 1.82) is 0 Å². The Hall–Kier alpha value is -2.04. The standard InChI is InChI=1S/C15H22N4O/c1-9(2)15(3,4)8-17-14(20)13-11-7-10(16)5-6-12(11)18-19-13/h5-7,9H,8,16H2,1-4H3,(H,17,20)(H,18,19). The lowest BCUT2D eigenvalue weighted by molar-refractivity contribution is 0.0921. The zero-order valence-corrected chi connectivity index (χ0v) is 12.4. The van der Waals surface area contributed by atoms with Crippen molar-refractivity contribution in [3.05, 3.63) is 23.9 Å². The van der Waals surface area contributed by atoms with Crippen LogP contribution in [0.15, 0.2) is 18.2 Å². The fourth-order valence-corrected chi connectivity index (χ4v) is 1.80. The van der Waals surface area contributed by atoms with Crippen molar-refractivity contribution >= 4 is 22.5 Å². The Morgan fingerprint density at radius 1 is 1.45 bits per heavy atom. The number of hydrogen-bond donors (Lipinski definition) is 3. The molecule has 1 amide bonds. The second kappa shape index (κ2) is 5.15. The number of benzene rings is 1. The minimum Gasteiger partial charge on any atom is -0.399 e. The van der Waals surface area contributed by atoms with E-state index in [9.17, 15) is 4.79 Å². The molecule has 1 aromatic heterocycles. The van der Waals surface area contributed by atoms with Crippen LogP contribution in [-0.4, -0.2) is 22.6 Å². The van der Waals surface area contributed by atoms with E-state index in [4.69, 9.17) is 5.73 Å². The topological polar surface area (TPSA) is 83.8 Å². The number of rotatable bonds is 4. The van der Waals surface area contributed by atoms with Gasteiger partial charge in [-0.05, 0) is 29.5 Å². The van der Waals surface area contributed by atoms with Crippen LogP contribution in [0.4, 0.5) is 5.69 Å². The SMILES string of the molecule is CC(C)C(C)(C)CNC(=O)c1n[nH]c2ccc(N)cc12. The molecular formula is C15H22N4O. The lowest BCUT2D eigenvalue weighted by atomic mass is 9.81. The van der Waals surface area contributed by atoms with E-state index in [0.717, 1.165) is 10.9 Å². The summed E-state index contributed by atoms with van der Waals surface area (Å²) in [5.74, 6) is 0.310. The van der Waals surface area contributed by atoms with Crippen LogP contribution in [0.5, 0.6) is 0 Å². The molecule has 0 atom stereocenters. The summed E-state index contributed by atoms with van der Waals surface area (Å²) < 4.78 is 0. The third kappa shape index (κ3) is 2.76. The molecule has 0 saturated heterocycles. The molecular weight excluding hydrogens is 252 g/mol. The van der Waals surface area contributed by atoms with Gasteiger partial charge < -0.3 is 11.1 Å². The highest BCUT2D eigenvalue weighted by molar-refractivity contribution is 6.05. The summed E-state index contributed by atoms with van der Waals surface area (Å²) in [6, 6.07) is 5.37. The van der Waals surface area contributed by atoms with Gasteiger partial charge >= 0.3 is 0 Å². The highest BCUT2D eigenvalue weighted by Gasteiger charge is 2.24. The molecule has 0 saturated carbocycles. The lowest BCUT2D eigenvalue weighted by Crippen LogP contribution is -2.37. The number of nitrogens with one attached hydrogen (secondary N) is 2. The third-order valence-corrected chi connectivity index (χ3v) is 4.07. The Kier molecular flexibility index (Phi) is 3.70. The smallest absolute Gasteiger partial charge is 0.272 e. The van der Waals surface area contributed by atoms with Crippen LogP contribution in [0.25, 0.3) is 10.9 Å². The minimum absolute atomic E-state index is 0.0425. The van der Waals surface area contributed by atoms with Crippen LogP contribution in [0.1, 0.15) is 38.2 Å². The first kappa shape index (κ1) is 14.4. The second-order valence-electron chi connectivity index (χ2n) is 6.20. The molecule has 5 heteroatoms. The average molecular weight is 274 g/mol. The number of nitrogens with zero attached hydrogens (tertiary/aromatic N) is 1. The van der Waals surface area contributed by atoms with Gasteiger partial charge in [0.05, 0.1) is 5.52 Å². The Bertz CT molecular complexity index is 628. The number of nitrogen functional groups attached to an aromatic ring is 1. The van der Waals surface area contributed by atoms with E-state index in [1.165, 1.54) is 0 Å². The van der Waals surface area contributed by atoms with Crippen LogP contribution in [0.2, 0.25) is 0 Å². The highest BCUT2D eigenvalue weighted by Crippen LogP contribution is 2.25. The van der Waals surface area contributed by atoms with Crippen molar-refractivity contribution in [2.45, 2.75) is 27.7 Å². The summed E-state index contributed by atoms with van der Waals surface area (Å²) in [6.45, 7) is 9.19.